The van der Waals surface area contributed by atoms with Crippen molar-refractivity contribution >= 4 is 21.7 Å². The molecule has 37 heavy (non-hydrogen) atoms. The maximum atomic E-state index is 13.5. The van der Waals surface area contributed by atoms with E-state index in [0.717, 1.165) is 69.0 Å². The number of hydrogen-bond donors (Lipinski definition) is 1. The summed E-state index contributed by atoms with van der Waals surface area (Å²) in [5, 5.41) is 0. The molecule has 0 bridgehead atoms. The molecule has 1 spiro atoms. The molecule has 1 aromatic carbocycles. The summed E-state index contributed by atoms with van der Waals surface area (Å²) < 4.78 is 28.8. The average Bonchev–Trinajstić information content (AvgIpc) is 3.27. The van der Waals surface area contributed by atoms with E-state index in [1.807, 2.05) is 17.5 Å². The highest BCUT2D eigenvalue weighted by atomic mass is 32.2. The molecule has 3 fully saturated rings. The second-order valence-corrected chi connectivity index (χ2v) is 13.4. The number of aromatic nitrogens is 1. The first-order valence-electron chi connectivity index (χ1n) is 13.9. The Kier molecular flexibility index (Phi) is 6.79. The number of rotatable bonds is 8. The zero-order valence-corrected chi connectivity index (χ0v) is 22.8. The van der Waals surface area contributed by atoms with Gasteiger partial charge in [0.05, 0.1) is 16.9 Å². The van der Waals surface area contributed by atoms with Crippen LogP contribution >= 0.6 is 0 Å². The fourth-order valence-corrected chi connectivity index (χ4v) is 8.59. The molecule has 0 radical (unpaired) electrons. The average molecular weight is 525 g/mol. The molecule has 1 atom stereocenters. The number of H-pyrrole nitrogens is 1. The Labute approximate surface area is 221 Å². The number of likely N-dealkylation sites (tertiary alicyclic amines) is 1. The number of aromatic amines is 1. The molecule has 8 nitrogen and oxygen atoms in total. The lowest BCUT2D eigenvalue weighted by molar-refractivity contribution is 0.176. The Morgan fingerprint density at radius 3 is 2.73 bits per heavy atom. The number of hydrogen-bond acceptors (Lipinski definition) is 6. The molecule has 3 aliphatic heterocycles. The molecular formula is C28H40N6O2S. The fraction of sp³-hybridized carbons (Fsp3) is 0.607. The standard InChI is InChI=1S/C28H40N6O2S/c1-31-22-30-27(25-12-15-29-26(25)31)33-17-18-34(28(21-33)13-14-28)37(35,36)19-6-5-10-24-11-7-16-32(24)20-23-8-3-2-4-9-23/h2-4,8-9,12,15,24,29H,5-7,10-11,13-14,16-22H2,1H3. The number of benzene rings is 1. The van der Waals surface area contributed by atoms with E-state index in [1.54, 1.807) is 0 Å². The third-order valence-corrected chi connectivity index (χ3v) is 10.8. The van der Waals surface area contributed by atoms with Crippen LogP contribution in [0.4, 0.5) is 5.82 Å². The second-order valence-electron chi connectivity index (χ2n) is 11.3. The Morgan fingerprint density at radius 1 is 1.08 bits per heavy atom. The van der Waals surface area contributed by atoms with E-state index in [2.05, 4.69) is 56.1 Å². The van der Waals surface area contributed by atoms with Crippen LogP contribution in [0.1, 0.15) is 56.1 Å². The van der Waals surface area contributed by atoms with Gasteiger partial charge >= 0.3 is 0 Å². The van der Waals surface area contributed by atoms with Crippen molar-refractivity contribution in [3.63, 3.8) is 0 Å². The van der Waals surface area contributed by atoms with Crippen LogP contribution in [0.5, 0.6) is 0 Å². The van der Waals surface area contributed by atoms with E-state index in [0.29, 0.717) is 25.8 Å². The lowest BCUT2D eigenvalue weighted by Gasteiger charge is -2.43. The molecule has 1 aliphatic carbocycles. The highest BCUT2D eigenvalue weighted by Gasteiger charge is 2.56. The summed E-state index contributed by atoms with van der Waals surface area (Å²) in [5.41, 5.74) is 2.25. The Bertz CT molecular complexity index is 1220. The van der Waals surface area contributed by atoms with E-state index in [1.165, 1.54) is 18.4 Å². The summed E-state index contributed by atoms with van der Waals surface area (Å²) >= 11 is 0. The van der Waals surface area contributed by atoms with Gasteiger partial charge in [0.2, 0.25) is 10.0 Å². The van der Waals surface area contributed by atoms with Crippen LogP contribution in [0.15, 0.2) is 47.6 Å². The maximum Gasteiger partial charge on any atom is 0.214 e. The van der Waals surface area contributed by atoms with Crippen molar-refractivity contribution in [2.45, 2.75) is 63.1 Å². The first kappa shape index (κ1) is 24.9. The number of piperazine rings is 1. The summed E-state index contributed by atoms with van der Waals surface area (Å²) in [6.07, 6.45) is 9.15. The molecule has 1 N–H and O–H groups in total. The van der Waals surface area contributed by atoms with Crippen molar-refractivity contribution in [1.82, 2.24) is 19.1 Å². The molecule has 4 heterocycles. The summed E-state index contributed by atoms with van der Waals surface area (Å²) in [4.78, 5) is 15.2. The van der Waals surface area contributed by atoms with Crippen LogP contribution in [0.25, 0.3) is 0 Å². The summed E-state index contributed by atoms with van der Waals surface area (Å²) in [6.45, 7) is 4.78. The van der Waals surface area contributed by atoms with Crippen LogP contribution < -0.4 is 4.90 Å². The minimum absolute atomic E-state index is 0.239. The molecular weight excluding hydrogens is 484 g/mol. The van der Waals surface area contributed by atoms with Crippen LogP contribution in [0.2, 0.25) is 0 Å². The van der Waals surface area contributed by atoms with Crippen LogP contribution in [-0.2, 0) is 16.6 Å². The summed E-state index contributed by atoms with van der Waals surface area (Å²) in [6, 6.07) is 13.3. The van der Waals surface area contributed by atoms with Crippen LogP contribution in [0.3, 0.4) is 0 Å². The Balaban J connectivity index is 1.02. The highest BCUT2D eigenvalue weighted by molar-refractivity contribution is 7.89. The molecule has 9 heteroatoms. The number of anilines is 1. The van der Waals surface area contributed by atoms with Gasteiger partial charge in [-0.15, -0.1) is 0 Å². The van der Waals surface area contributed by atoms with E-state index in [9.17, 15) is 8.42 Å². The molecule has 6 rings (SSSR count). The maximum absolute atomic E-state index is 13.5. The highest BCUT2D eigenvalue weighted by Crippen LogP contribution is 2.46. The zero-order chi connectivity index (χ0) is 25.5. The van der Waals surface area contributed by atoms with Crippen molar-refractivity contribution in [2.75, 3.05) is 50.5 Å². The Hall–Kier alpha value is -2.36. The van der Waals surface area contributed by atoms with Crippen LogP contribution in [0, 0.1) is 0 Å². The van der Waals surface area contributed by atoms with Gasteiger partial charge in [0.15, 0.2) is 0 Å². The van der Waals surface area contributed by atoms with Gasteiger partial charge in [-0.05, 0) is 56.7 Å². The number of sulfonamides is 1. The molecule has 1 unspecified atom stereocenters. The van der Waals surface area contributed by atoms with Gasteiger partial charge in [-0.2, -0.15) is 4.31 Å². The number of unbranched alkanes of at least 4 members (excludes halogenated alkanes) is 1. The minimum Gasteiger partial charge on any atom is -0.353 e. The van der Waals surface area contributed by atoms with E-state index >= 15 is 0 Å². The van der Waals surface area contributed by atoms with Gasteiger partial charge in [-0.1, -0.05) is 36.8 Å². The molecule has 1 saturated carbocycles. The number of aliphatic imine (C=N–C) groups is 1. The first-order valence-corrected chi connectivity index (χ1v) is 15.5. The van der Waals surface area contributed by atoms with Gasteiger partial charge in [-0.25, -0.2) is 13.4 Å². The third kappa shape index (κ3) is 5.05. The van der Waals surface area contributed by atoms with E-state index in [4.69, 9.17) is 4.99 Å². The van der Waals surface area contributed by atoms with Crippen molar-refractivity contribution in [1.29, 1.82) is 0 Å². The quantitative estimate of drug-likeness (QED) is 0.535. The van der Waals surface area contributed by atoms with Crippen LogP contribution in [-0.4, -0.2) is 90.6 Å². The van der Waals surface area contributed by atoms with Crippen molar-refractivity contribution in [3.05, 3.63) is 53.7 Å². The second kappa shape index (κ2) is 10.1. The number of amidine groups is 1. The number of nitrogens with zero attached hydrogens (tertiary/aromatic N) is 5. The largest absolute Gasteiger partial charge is 0.353 e. The Morgan fingerprint density at radius 2 is 1.92 bits per heavy atom. The monoisotopic (exact) mass is 524 g/mol. The lowest BCUT2D eigenvalue weighted by Crippen LogP contribution is -2.59. The van der Waals surface area contributed by atoms with Gasteiger partial charge < -0.3 is 14.8 Å². The van der Waals surface area contributed by atoms with E-state index < -0.39 is 10.0 Å². The smallest absolute Gasteiger partial charge is 0.214 e. The van der Waals surface area contributed by atoms with Crippen molar-refractivity contribution in [2.24, 2.45) is 4.99 Å². The summed E-state index contributed by atoms with van der Waals surface area (Å²) in [5.74, 6) is 2.37. The first-order chi connectivity index (χ1) is 18.0. The molecule has 200 valence electrons. The number of nitrogens with one attached hydrogen (secondary N) is 1. The molecule has 4 aliphatic rings. The predicted octanol–water partition coefficient (Wildman–Crippen LogP) is 3.48. The van der Waals surface area contributed by atoms with Crippen molar-refractivity contribution in [3.8, 4) is 0 Å². The molecule has 0 amide bonds. The third-order valence-electron chi connectivity index (χ3n) is 8.75. The summed E-state index contributed by atoms with van der Waals surface area (Å²) in [7, 11) is -1.22. The van der Waals surface area contributed by atoms with Crippen molar-refractivity contribution < 1.29 is 8.42 Å². The SMILES string of the molecule is CN1CN=C(N2CCN(S(=O)(=O)CCCCC3CCCN3Cc3ccccc3)C3(CC3)C2)c2cc[nH]c21. The number of fused-ring (bicyclic) bond motifs is 1. The topological polar surface area (TPSA) is 75.2 Å². The zero-order valence-electron chi connectivity index (χ0n) is 22.0. The van der Waals surface area contributed by atoms with Gasteiger partial charge in [0, 0.05) is 45.5 Å². The lowest BCUT2D eigenvalue weighted by atomic mass is 10.1. The predicted molar refractivity (Wildman–Crippen MR) is 148 cm³/mol. The fourth-order valence-electron chi connectivity index (χ4n) is 6.61. The normalized spacial score (nSPS) is 23.9. The van der Waals surface area contributed by atoms with Gasteiger partial charge in [0.1, 0.15) is 18.3 Å². The molecule has 2 aromatic rings. The molecule has 1 aromatic heterocycles. The van der Waals surface area contributed by atoms with Gasteiger partial charge in [-0.3, -0.25) is 4.90 Å². The molecule has 2 saturated heterocycles. The van der Waals surface area contributed by atoms with E-state index in [-0.39, 0.29) is 11.3 Å². The minimum atomic E-state index is -3.26. The van der Waals surface area contributed by atoms with Gasteiger partial charge in [0.25, 0.3) is 0 Å².